The third-order valence-corrected chi connectivity index (χ3v) is 5.78. The lowest BCUT2D eigenvalue weighted by Crippen LogP contribution is -2.58. The summed E-state index contributed by atoms with van der Waals surface area (Å²) in [4.78, 5) is 49.5. The molecule has 0 saturated carbocycles. The van der Waals surface area contributed by atoms with Crippen LogP contribution in [0.4, 0.5) is 0 Å². The molecule has 0 radical (unpaired) electrons. The second-order valence-electron chi connectivity index (χ2n) is 7.45. The number of aliphatic carboxylic acids is 1. The number of carboxylic acids is 1. The fraction of sp³-hybridized carbons (Fsp3) is 0.524. The number of rotatable bonds is 14. The Morgan fingerprint density at radius 3 is 2.12 bits per heavy atom. The quantitative estimate of drug-likeness (QED) is 0.162. The minimum absolute atomic E-state index is 0.0835. The Hall–Kier alpha value is -2.28. The predicted octanol–water partition coefficient (Wildman–Crippen LogP) is -0.841. The molecule has 0 bridgehead atoms. The molecule has 12 heteroatoms. The average molecular weight is 501 g/mol. The Balaban J connectivity index is 3.05. The van der Waals surface area contributed by atoms with Gasteiger partial charge >= 0.3 is 5.97 Å². The van der Waals surface area contributed by atoms with Gasteiger partial charge in [-0.2, -0.15) is 24.4 Å². The van der Waals surface area contributed by atoms with Gasteiger partial charge < -0.3 is 31.9 Å². The van der Waals surface area contributed by atoms with Gasteiger partial charge in [0.1, 0.15) is 12.1 Å². The molecule has 5 atom stereocenters. The van der Waals surface area contributed by atoms with E-state index in [9.17, 15) is 29.4 Å². The summed E-state index contributed by atoms with van der Waals surface area (Å²) in [6, 6.07) is 4.45. The Morgan fingerprint density at radius 1 is 1.03 bits per heavy atom. The average Bonchev–Trinajstić information content (AvgIpc) is 2.78. The zero-order chi connectivity index (χ0) is 25.0. The number of carbonyl (C=O) groups excluding carboxylic acids is 3. The van der Waals surface area contributed by atoms with E-state index in [2.05, 4.69) is 28.6 Å². The van der Waals surface area contributed by atoms with E-state index in [1.54, 1.807) is 24.3 Å². The van der Waals surface area contributed by atoms with E-state index in [1.165, 1.54) is 18.7 Å². The van der Waals surface area contributed by atoms with Crippen molar-refractivity contribution in [3.8, 4) is 0 Å². The molecule has 0 spiro atoms. The fourth-order valence-electron chi connectivity index (χ4n) is 2.84. The number of aliphatic hydroxyl groups is 1. The third kappa shape index (κ3) is 10.0. The largest absolute Gasteiger partial charge is 0.480 e. The SMILES string of the molecule is CSCCC(NC(=O)C(Cc1ccccc1)NC(=O)C(N)CS)C(=O)NC(C(=O)O)C(C)O. The second-order valence-corrected chi connectivity index (χ2v) is 8.80. The first-order chi connectivity index (χ1) is 15.6. The van der Waals surface area contributed by atoms with E-state index >= 15 is 0 Å². The summed E-state index contributed by atoms with van der Waals surface area (Å²) in [5.74, 6) is -2.74. The van der Waals surface area contributed by atoms with Crippen LogP contribution in [0, 0.1) is 0 Å². The predicted molar refractivity (Wildman–Crippen MR) is 130 cm³/mol. The molecule has 0 saturated heterocycles. The van der Waals surface area contributed by atoms with Crippen molar-refractivity contribution < 1.29 is 29.4 Å². The van der Waals surface area contributed by atoms with Crippen LogP contribution in [-0.4, -0.2) is 81.9 Å². The number of thiol groups is 1. The Morgan fingerprint density at radius 2 is 1.61 bits per heavy atom. The standard InChI is InChI=1S/C21H32N4O6S2/c1-12(26)17(21(30)31)25-19(28)15(8-9-33-2)23-20(29)16(24-18(27)14(22)11-32)10-13-6-4-3-5-7-13/h3-7,12,14-17,26,32H,8-11,22H2,1-2H3,(H,23,29)(H,24,27)(H,25,28)(H,30,31). The highest BCUT2D eigenvalue weighted by atomic mass is 32.2. The van der Waals surface area contributed by atoms with Crippen LogP contribution in [0.15, 0.2) is 30.3 Å². The van der Waals surface area contributed by atoms with E-state index in [-0.39, 0.29) is 18.6 Å². The zero-order valence-electron chi connectivity index (χ0n) is 18.6. The van der Waals surface area contributed by atoms with Gasteiger partial charge in [-0.1, -0.05) is 30.3 Å². The summed E-state index contributed by atoms with van der Waals surface area (Å²) in [6.45, 7) is 1.24. The van der Waals surface area contributed by atoms with Crippen LogP contribution in [-0.2, 0) is 25.6 Å². The van der Waals surface area contributed by atoms with E-state index in [4.69, 9.17) is 5.73 Å². The van der Waals surface area contributed by atoms with Gasteiger partial charge in [0.25, 0.3) is 0 Å². The Kier molecular flexibility index (Phi) is 12.9. The van der Waals surface area contributed by atoms with Gasteiger partial charge in [-0.05, 0) is 30.9 Å². The summed E-state index contributed by atoms with van der Waals surface area (Å²) >= 11 is 5.45. The first kappa shape index (κ1) is 28.8. The van der Waals surface area contributed by atoms with E-state index < -0.39 is 54.0 Å². The minimum Gasteiger partial charge on any atom is -0.480 e. The first-order valence-corrected chi connectivity index (χ1v) is 12.3. The lowest BCUT2D eigenvalue weighted by molar-refractivity contribution is -0.145. The third-order valence-electron chi connectivity index (χ3n) is 4.74. The topological polar surface area (TPSA) is 171 Å². The van der Waals surface area contributed by atoms with Crippen LogP contribution in [0.3, 0.4) is 0 Å². The molecule has 0 fully saturated rings. The summed E-state index contributed by atoms with van der Waals surface area (Å²) in [5, 5.41) is 26.3. The number of carbonyl (C=O) groups is 4. The summed E-state index contributed by atoms with van der Waals surface area (Å²) in [6.07, 6.45) is 0.855. The van der Waals surface area contributed by atoms with Crippen molar-refractivity contribution in [2.45, 2.75) is 50.0 Å². The molecule has 5 unspecified atom stereocenters. The van der Waals surface area contributed by atoms with Gasteiger partial charge in [0, 0.05) is 12.2 Å². The first-order valence-electron chi connectivity index (χ1n) is 10.3. The summed E-state index contributed by atoms with van der Waals surface area (Å²) < 4.78 is 0. The van der Waals surface area contributed by atoms with Crippen molar-refractivity contribution in [2.24, 2.45) is 5.73 Å². The molecule has 0 aliphatic carbocycles. The molecular formula is C21H32N4O6S2. The van der Waals surface area contributed by atoms with Crippen molar-refractivity contribution in [1.29, 1.82) is 0 Å². The van der Waals surface area contributed by atoms with E-state index in [1.807, 2.05) is 12.3 Å². The van der Waals surface area contributed by atoms with Crippen molar-refractivity contribution in [3.63, 3.8) is 0 Å². The molecule has 0 aromatic heterocycles. The number of carboxylic acid groups (broad SMARTS) is 1. The van der Waals surface area contributed by atoms with Crippen LogP contribution < -0.4 is 21.7 Å². The monoisotopic (exact) mass is 500 g/mol. The van der Waals surface area contributed by atoms with Crippen LogP contribution in [0.1, 0.15) is 18.9 Å². The van der Waals surface area contributed by atoms with Gasteiger partial charge in [-0.15, -0.1) is 0 Å². The van der Waals surface area contributed by atoms with Gasteiger partial charge in [-0.25, -0.2) is 4.79 Å². The molecule has 184 valence electrons. The van der Waals surface area contributed by atoms with Crippen LogP contribution >= 0.6 is 24.4 Å². The maximum atomic E-state index is 13.1. The second kappa shape index (κ2) is 14.8. The van der Waals surface area contributed by atoms with Crippen LogP contribution in [0.5, 0.6) is 0 Å². The highest BCUT2D eigenvalue weighted by Crippen LogP contribution is 2.07. The molecule has 33 heavy (non-hydrogen) atoms. The number of thioether (sulfide) groups is 1. The lowest BCUT2D eigenvalue weighted by Gasteiger charge is -2.25. The molecule has 1 rings (SSSR count). The molecule has 0 heterocycles. The highest BCUT2D eigenvalue weighted by Gasteiger charge is 2.31. The summed E-state index contributed by atoms with van der Waals surface area (Å²) in [7, 11) is 0. The van der Waals surface area contributed by atoms with E-state index in [0.717, 1.165) is 5.56 Å². The maximum Gasteiger partial charge on any atom is 0.328 e. The normalized spacial score (nSPS) is 15.4. The van der Waals surface area contributed by atoms with Gasteiger partial charge in [0.15, 0.2) is 6.04 Å². The molecule has 7 N–H and O–H groups in total. The number of amides is 3. The maximum absolute atomic E-state index is 13.1. The van der Waals surface area contributed by atoms with Gasteiger partial charge in [0.05, 0.1) is 12.1 Å². The van der Waals surface area contributed by atoms with Crippen molar-refractivity contribution in [3.05, 3.63) is 35.9 Å². The molecule has 0 aliphatic rings. The van der Waals surface area contributed by atoms with E-state index in [0.29, 0.717) is 5.75 Å². The zero-order valence-corrected chi connectivity index (χ0v) is 20.3. The molecular weight excluding hydrogens is 468 g/mol. The molecule has 0 aliphatic heterocycles. The molecule has 1 aromatic rings. The minimum atomic E-state index is -1.53. The Labute approximate surface area is 202 Å². The number of aliphatic hydroxyl groups excluding tert-OH is 1. The number of hydrogen-bond acceptors (Lipinski definition) is 8. The lowest BCUT2D eigenvalue weighted by atomic mass is 10.0. The number of hydrogen-bond donors (Lipinski definition) is 7. The number of nitrogens with two attached hydrogens (primary N) is 1. The molecule has 10 nitrogen and oxygen atoms in total. The van der Waals surface area contributed by atoms with Crippen LogP contribution in [0.25, 0.3) is 0 Å². The number of benzene rings is 1. The fourth-order valence-corrected chi connectivity index (χ4v) is 3.48. The van der Waals surface area contributed by atoms with Gasteiger partial charge in [-0.3, -0.25) is 14.4 Å². The summed E-state index contributed by atoms with van der Waals surface area (Å²) in [5.41, 5.74) is 6.50. The smallest absolute Gasteiger partial charge is 0.328 e. The number of nitrogens with one attached hydrogen (secondary N) is 3. The van der Waals surface area contributed by atoms with Crippen molar-refractivity contribution >= 4 is 48.1 Å². The van der Waals surface area contributed by atoms with Crippen LogP contribution in [0.2, 0.25) is 0 Å². The van der Waals surface area contributed by atoms with Gasteiger partial charge in [0.2, 0.25) is 17.7 Å². The Bertz CT molecular complexity index is 796. The molecule has 1 aromatic carbocycles. The molecule has 3 amide bonds. The van der Waals surface area contributed by atoms with Crippen molar-refractivity contribution in [1.82, 2.24) is 16.0 Å². The highest BCUT2D eigenvalue weighted by molar-refractivity contribution is 7.98. The van der Waals surface area contributed by atoms with Crippen molar-refractivity contribution in [2.75, 3.05) is 17.8 Å².